The van der Waals surface area contributed by atoms with Gasteiger partial charge in [0.05, 0.1) is 11.5 Å². The quantitative estimate of drug-likeness (QED) is 0.909. The fraction of sp³-hybridized carbons (Fsp3) is 0.600. The predicted molar refractivity (Wildman–Crippen MR) is 78.9 cm³/mol. The minimum absolute atomic E-state index is 0.0210. The molecule has 2 rings (SSSR count). The average Bonchev–Trinajstić information content (AvgIpc) is 2.67. The maximum Gasteiger partial charge on any atom is 0.150 e. The number of rotatable bonds is 5. The summed E-state index contributed by atoms with van der Waals surface area (Å²) >= 11 is 0. The molecule has 112 valence electrons. The zero-order valence-corrected chi connectivity index (χ0v) is 12.8. The van der Waals surface area contributed by atoms with Gasteiger partial charge in [-0.2, -0.15) is 0 Å². The first-order valence-electron chi connectivity index (χ1n) is 7.10. The van der Waals surface area contributed by atoms with Crippen LogP contribution in [0.1, 0.15) is 36.9 Å². The second kappa shape index (κ2) is 6.22. The molecule has 1 fully saturated rings. The third-order valence-corrected chi connectivity index (χ3v) is 5.65. The molecule has 1 aromatic rings. The lowest BCUT2D eigenvalue weighted by atomic mass is 9.93. The van der Waals surface area contributed by atoms with E-state index in [0.29, 0.717) is 5.75 Å². The molecule has 1 N–H and O–H groups in total. The van der Waals surface area contributed by atoms with Crippen molar-refractivity contribution in [2.45, 2.75) is 32.7 Å². The van der Waals surface area contributed by atoms with Gasteiger partial charge in [0.25, 0.3) is 0 Å². The van der Waals surface area contributed by atoms with Crippen LogP contribution in [0.5, 0.6) is 0 Å². The SMILES string of the molecule is CCNC(CC1CCS(=O)(=O)C1)c1cc(C)cc(F)c1. The van der Waals surface area contributed by atoms with Gasteiger partial charge in [-0.15, -0.1) is 0 Å². The number of benzene rings is 1. The van der Waals surface area contributed by atoms with Crippen LogP contribution in [0.15, 0.2) is 18.2 Å². The Labute approximate surface area is 120 Å². The molecule has 0 aliphatic carbocycles. The van der Waals surface area contributed by atoms with Crippen molar-refractivity contribution in [1.29, 1.82) is 0 Å². The van der Waals surface area contributed by atoms with Crippen LogP contribution in [-0.2, 0) is 9.84 Å². The summed E-state index contributed by atoms with van der Waals surface area (Å²) in [4.78, 5) is 0. The van der Waals surface area contributed by atoms with E-state index in [4.69, 9.17) is 0 Å². The lowest BCUT2D eigenvalue weighted by molar-refractivity contribution is 0.420. The van der Waals surface area contributed by atoms with E-state index in [9.17, 15) is 12.8 Å². The predicted octanol–water partition coefficient (Wildman–Crippen LogP) is 2.61. The summed E-state index contributed by atoms with van der Waals surface area (Å²) in [6.45, 7) is 4.65. The Balaban J connectivity index is 2.14. The minimum Gasteiger partial charge on any atom is -0.310 e. The molecule has 20 heavy (non-hydrogen) atoms. The fourth-order valence-corrected chi connectivity index (χ4v) is 4.82. The zero-order valence-electron chi connectivity index (χ0n) is 12.0. The molecule has 2 atom stereocenters. The summed E-state index contributed by atoms with van der Waals surface area (Å²) < 4.78 is 36.6. The Morgan fingerprint density at radius 2 is 2.15 bits per heavy atom. The molecule has 2 unspecified atom stereocenters. The van der Waals surface area contributed by atoms with Crippen molar-refractivity contribution in [3.05, 3.63) is 35.1 Å². The van der Waals surface area contributed by atoms with Crippen LogP contribution in [0.2, 0.25) is 0 Å². The monoisotopic (exact) mass is 299 g/mol. The van der Waals surface area contributed by atoms with E-state index in [1.54, 1.807) is 6.07 Å². The van der Waals surface area contributed by atoms with E-state index in [2.05, 4.69) is 5.32 Å². The molecule has 0 bridgehead atoms. The average molecular weight is 299 g/mol. The summed E-state index contributed by atoms with van der Waals surface area (Å²) in [5.41, 5.74) is 1.80. The van der Waals surface area contributed by atoms with Crippen molar-refractivity contribution < 1.29 is 12.8 Å². The maximum absolute atomic E-state index is 13.5. The molecule has 1 aromatic carbocycles. The van der Waals surface area contributed by atoms with E-state index < -0.39 is 9.84 Å². The van der Waals surface area contributed by atoms with E-state index in [0.717, 1.165) is 30.5 Å². The molecular formula is C15H22FNO2S. The molecule has 0 radical (unpaired) electrons. The number of nitrogens with one attached hydrogen (secondary N) is 1. The summed E-state index contributed by atoms with van der Waals surface area (Å²) in [6, 6.07) is 5.04. The maximum atomic E-state index is 13.5. The molecular weight excluding hydrogens is 277 g/mol. The van der Waals surface area contributed by atoms with E-state index in [1.807, 2.05) is 19.9 Å². The molecule has 0 amide bonds. The second-order valence-electron chi connectivity index (χ2n) is 5.68. The van der Waals surface area contributed by atoms with Crippen LogP contribution >= 0.6 is 0 Å². The van der Waals surface area contributed by atoms with E-state index >= 15 is 0 Å². The molecule has 1 aliphatic rings. The number of halogens is 1. The van der Waals surface area contributed by atoms with Crippen molar-refractivity contribution in [1.82, 2.24) is 5.32 Å². The molecule has 1 saturated heterocycles. The van der Waals surface area contributed by atoms with Gasteiger partial charge in [-0.1, -0.05) is 13.0 Å². The van der Waals surface area contributed by atoms with Gasteiger partial charge in [0.1, 0.15) is 5.82 Å². The van der Waals surface area contributed by atoms with Gasteiger partial charge in [-0.3, -0.25) is 0 Å². The van der Waals surface area contributed by atoms with Crippen LogP contribution in [-0.4, -0.2) is 26.5 Å². The van der Waals surface area contributed by atoms with Gasteiger partial charge in [-0.25, -0.2) is 12.8 Å². The highest BCUT2D eigenvalue weighted by molar-refractivity contribution is 7.91. The summed E-state index contributed by atoms with van der Waals surface area (Å²) in [7, 11) is -2.86. The largest absolute Gasteiger partial charge is 0.310 e. The van der Waals surface area contributed by atoms with Crippen LogP contribution in [0.25, 0.3) is 0 Å². The smallest absolute Gasteiger partial charge is 0.150 e. The van der Waals surface area contributed by atoms with Gasteiger partial charge >= 0.3 is 0 Å². The summed E-state index contributed by atoms with van der Waals surface area (Å²) in [6.07, 6.45) is 1.47. The van der Waals surface area contributed by atoms with Crippen molar-refractivity contribution in [3.8, 4) is 0 Å². The van der Waals surface area contributed by atoms with Crippen LogP contribution < -0.4 is 5.32 Å². The third kappa shape index (κ3) is 4.03. The Morgan fingerprint density at radius 1 is 1.40 bits per heavy atom. The van der Waals surface area contributed by atoms with Crippen molar-refractivity contribution in [2.75, 3.05) is 18.1 Å². The van der Waals surface area contributed by atoms with Gasteiger partial charge in [0.15, 0.2) is 9.84 Å². The van der Waals surface area contributed by atoms with Crippen molar-refractivity contribution >= 4 is 9.84 Å². The van der Waals surface area contributed by atoms with Crippen LogP contribution in [0.3, 0.4) is 0 Å². The van der Waals surface area contributed by atoms with E-state index in [1.165, 1.54) is 6.07 Å². The Kier molecular flexibility index (Phi) is 4.81. The van der Waals surface area contributed by atoms with E-state index in [-0.39, 0.29) is 23.5 Å². The number of sulfone groups is 1. The first kappa shape index (κ1) is 15.4. The number of hydrogen-bond donors (Lipinski definition) is 1. The lowest BCUT2D eigenvalue weighted by Crippen LogP contribution is -2.24. The highest BCUT2D eigenvalue weighted by atomic mass is 32.2. The molecule has 3 nitrogen and oxygen atoms in total. The number of aryl methyl sites for hydroxylation is 1. The minimum atomic E-state index is -2.86. The number of hydrogen-bond acceptors (Lipinski definition) is 3. The first-order valence-corrected chi connectivity index (χ1v) is 8.92. The molecule has 1 heterocycles. The summed E-state index contributed by atoms with van der Waals surface area (Å²) in [5, 5.41) is 3.35. The van der Waals surface area contributed by atoms with Gasteiger partial charge in [0, 0.05) is 6.04 Å². The second-order valence-corrected chi connectivity index (χ2v) is 7.91. The van der Waals surface area contributed by atoms with Crippen molar-refractivity contribution in [3.63, 3.8) is 0 Å². The molecule has 0 aromatic heterocycles. The topological polar surface area (TPSA) is 46.2 Å². The van der Waals surface area contributed by atoms with Gasteiger partial charge in [0.2, 0.25) is 0 Å². The normalized spacial score (nSPS) is 22.9. The van der Waals surface area contributed by atoms with Crippen LogP contribution in [0.4, 0.5) is 4.39 Å². The zero-order chi connectivity index (χ0) is 14.8. The van der Waals surface area contributed by atoms with Gasteiger partial charge in [-0.05, 0) is 55.5 Å². The molecule has 0 saturated carbocycles. The Bertz CT molecular complexity index is 551. The standard InChI is InChI=1S/C15H22FNO2S/c1-3-17-15(8-12-4-5-20(18,19)10-12)13-6-11(2)7-14(16)9-13/h6-7,9,12,15,17H,3-5,8,10H2,1-2H3. The third-order valence-electron chi connectivity index (χ3n) is 3.81. The Morgan fingerprint density at radius 3 is 2.70 bits per heavy atom. The van der Waals surface area contributed by atoms with Gasteiger partial charge < -0.3 is 5.32 Å². The summed E-state index contributed by atoms with van der Waals surface area (Å²) in [5.74, 6) is 0.497. The fourth-order valence-electron chi connectivity index (χ4n) is 2.94. The first-order chi connectivity index (χ1) is 9.39. The van der Waals surface area contributed by atoms with Crippen molar-refractivity contribution in [2.24, 2.45) is 5.92 Å². The molecule has 0 spiro atoms. The molecule has 5 heteroatoms. The Hall–Kier alpha value is -0.940. The highest BCUT2D eigenvalue weighted by Gasteiger charge is 2.30. The molecule has 1 aliphatic heterocycles. The lowest BCUT2D eigenvalue weighted by Gasteiger charge is -2.22. The highest BCUT2D eigenvalue weighted by Crippen LogP contribution is 2.29. The van der Waals surface area contributed by atoms with Crippen LogP contribution in [0, 0.1) is 18.7 Å².